The van der Waals surface area contributed by atoms with Gasteiger partial charge in [-0.15, -0.1) is 0 Å². The van der Waals surface area contributed by atoms with Gasteiger partial charge in [0.05, 0.1) is 6.54 Å². The first-order valence-electron chi connectivity index (χ1n) is 6.56. The highest BCUT2D eigenvalue weighted by Gasteiger charge is 2.04. The van der Waals surface area contributed by atoms with Gasteiger partial charge in [-0.25, -0.2) is 0 Å². The summed E-state index contributed by atoms with van der Waals surface area (Å²) in [4.78, 5) is 11.8. The number of rotatable bonds is 5. The van der Waals surface area contributed by atoms with Crippen LogP contribution in [0.4, 0.5) is 5.69 Å². The fourth-order valence-electron chi connectivity index (χ4n) is 1.78. The minimum Gasteiger partial charge on any atom is -0.376 e. The van der Waals surface area contributed by atoms with Crippen molar-refractivity contribution in [1.29, 1.82) is 0 Å². The van der Waals surface area contributed by atoms with Crippen molar-refractivity contribution in [1.82, 2.24) is 5.32 Å². The van der Waals surface area contributed by atoms with E-state index in [1.165, 1.54) is 0 Å². The predicted molar refractivity (Wildman–Crippen MR) is 90.7 cm³/mol. The molecule has 0 bridgehead atoms. The molecule has 2 rings (SSSR count). The average molecular weight is 368 g/mol. The van der Waals surface area contributed by atoms with Gasteiger partial charge in [-0.3, -0.25) is 4.79 Å². The van der Waals surface area contributed by atoms with Crippen LogP contribution < -0.4 is 10.6 Å². The number of aryl methyl sites for hydroxylation is 1. The van der Waals surface area contributed by atoms with Crippen LogP contribution in [-0.2, 0) is 11.3 Å². The highest BCUT2D eigenvalue weighted by atomic mass is 79.9. The van der Waals surface area contributed by atoms with E-state index in [9.17, 15) is 4.79 Å². The molecule has 0 aliphatic heterocycles. The maximum Gasteiger partial charge on any atom is 0.239 e. The molecular weight excluding hydrogens is 352 g/mol. The van der Waals surface area contributed by atoms with Gasteiger partial charge in [0.2, 0.25) is 5.91 Å². The normalized spacial score (nSPS) is 10.2. The van der Waals surface area contributed by atoms with Gasteiger partial charge in [0, 0.05) is 21.7 Å². The van der Waals surface area contributed by atoms with E-state index in [0.29, 0.717) is 11.6 Å². The van der Waals surface area contributed by atoms with Crippen molar-refractivity contribution in [2.75, 3.05) is 11.9 Å². The van der Waals surface area contributed by atoms with Crippen LogP contribution in [0.2, 0.25) is 5.02 Å². The number of hydrogen-bond donors (Lipinski definition) is 2. The second kappa shape index (κ2) is 7.48. The van der Waals surface area contributed by atoms with Gasteiger partial charge in [0.25, 0.3) is 0 Å². The van der Waals surface area contributed by atoms with Gasteiger partial charge in [0.15, 0.2) is 0 Å². The summed E-state index contributed by atoms with van der Waals surface area (Å²) in [5, 5.41) is 6.59. The van der Waals surface area contributed by atoms with Crippen LogP contribution >= 0.6 is 27.5 Å². The van der Waals surface area contributed by atoms with Crippen LogP contribution in [0.15, 0.2) is 46.9 Å². The lowest BCUT2D eigenvalue weighted by Gasteiger charge is -2.09. The Labute approximate surface area is 137 Å². The largest absolute Gasteiger partial charge is 0.376 e. The zero-order chi connectivity index (χ0) is 15.2. The van der Waals surface area contributed by atoms with E-state index in [2.05, 4.69) is 26.6 Å². The molecule has 0 radical (unpaired) electrons. The zero-order valence-corrected chi connectivity index (χ0v) is 14.0. The summed E-state index contributed by atoms with van der Waals surface area (Å²) in [7, 11) is 0. The molecule has 5 heteroatoms. The predicted octanol–water partition coefficient (Wildman–Crippen LogP) is 4.14. The molecule has 2 N–H and O–H groups in total. The molecule has 0 spiro atoms. The van der Waals surface area contributed by atoms with E-state index in [1.54, 1.807) is 0 Å². The molecule has 0 fully saturated rings. The van der Waals surface area contributed by atoms with Gasteiger partial charge < -0.3 is 10.6 Å². The first kappa shape index (κ1) is 15.9. The Kier molecular flexibility index (Phi) is 5.65. The van der Waals surface area contributed by atoms with Crippen molar-refractivity contribution < 1.29 is 4.79 Å². The molecule has 21 heavy (non-hydrogen) atoms. The number of halogens is 2. The topological polar surface area (TPSA) is 41.1 Å². The quantitative estimate of drug-likeness (QED) is 0.834. The molecule has 0 unspecified atom stereocenters. The number of benzene rings is 2. The van der Waals surface area contributed by atoms with Crippen molar-refractivity contribution in [2.24, 2.45) is 0 Å². The molecular formula is C16H16BrClN2O. The molecule has 0 aromatic heterocycles. The number of amides is 1. The Bertz CT molecular complexity index is 646. The van der Waals surface area contributed by atoms with Crippen LogP contribution in [0.5, 0.6) is 0 Å². The first-order chi connectivity index (χ1) is 10.1. The van der Waals surface area contributed by atoms with Crippen LogP contribution in [0.25, 0.3) is 0 Å². The van der Waals surface area contributed by atoms with Crippen LogP contribution in [0, 0.1) is 6.92 Å². The molecule has 0 aliphatic rings. The SMILES string of the molecule is Cc1ccc(NCC(=O)NCc2ccccc2Cl)cc1Br. The number of nitrogens with one attached hydrogen (secondary N) is 2. The number of hydrogen-bond acceptors (Lipinski definition) is 2. The molecule has 110 valence electrons. The van der Waals surface area contributed by atoms with E-state index in [4.69, 9.17) is 11.6 Å². The standard InChI is InChI=1S/C16H16BrClN2O/c1-11-6-7-13(8-14(11)17)19-10-16(21)20-9-12-4-2-3-5-15(12)18/h2-8,19H,9-10H2,1H3,(H,20,21). The van der Waals surface area contributed by atoms with Crippen molar-refractivity contribution in [2.45, 2.75) is 13.5 Å². The van der Waals surface area contributed by atoms with E-state index in [-0.39, 0.29) is 12.5 Å². The lowest BCUT2D eigenvalue weighted by Crippen LogP contribution is -2.29. The van der Waals surface area contributed by atoms with Gasteiger partial charge in [-0.05, 0) is 36.2 Å². The lowest BCUT2D eigenvalue weighted by atomic mass is 10.2. The fourth-order valence-corrected chi connectivity index (χ4v) is 2.36. The van der Waals surface area contributed by atoms with Crippen LogP contribution in [0.1, 0.15) is 11.1 Å². The Morgan fingerprint density at radius 1 is 1.24 bits per heavy atom. The third-order valence-corrected chi connectivity index (χ3v) is 4.28. The van der Waals surface area contributed by atoms with Gasteiger partial charge in [0.1, 0.15) is 0 Å². The van der Waals surface area contributed by atoms with Crippen molar-refractivity contribution in [3.63, 3.8) is 0 Å². The smallest absolute Gasteiger partial charge is 0.239 e. The van der Waals surface area contributed by atoms with Crippen molar-refractivity contribution >= 4 is 39.1 Å². The highest BCUT2D eigenvalue weighted by molar-refractivity contribution is 9.10. The van der Waals surface area contributed by atoms with Crippen molar-refractivity contribution in [3.8, 4) is 0 Å². The monoisotopic (exact) mass is 366 g/mol. The zero-order valence-electron chi connectivity index (χ0n) is 11.6. The Balaban J connectivity index is 1.82. The number of carbonyl (C=O) groups excluding carboxylic acids is 1. The van der Waals surface area contributed by atoms with E-state index >= 15 is 0 Å². The Morgan fingerprint density at radius 3 is 2.71 bits per heavy atom. The Morgan fingerprint density at radius 2 is 2.00 bits per heavy atom. The number of carbonyl (C=O) groups is 1. The summed E-state index contributed by atoms with van der Waals surface area (Å²) in [5.41, 5.74) is 2.97. The second-order valence-corrected chi connectivity index (χ2v) is 5.95. The molecule has 0 aliphatic carbocycles. The van der Waals surface area contributed by atoms with Gasteiger partial charge in [-0.2, -0.15) is 0 Å². The summed E-state index contributed by atoms with van der Waals surface area (Å²) in [6.45, 7) is 2.67. The molecule has 0 saturated heterocycles. The minimum absolute atomic E-state index is 0.0772. The summed E-state index contributed by atoms with van der Waals surface area (Å²) in [6.07, 6.45) is 0. The maximum atomic E-state index is 11.8. The fraction of sp³-hybridized carbons (Fsp3) is 0.188. The Hall–Kier alpha value is -1.52. The average Bonchev–Trinajstić information content (AvgIpc) is 2.47. The van der Waals surface area contributed by atoms with Crippen LogP contribution in [-0.4, -0.2) is 12.5 Å². The second-order valence-electron chi connectivity index (χ2n) is 4.69. The van der Waals surface area contributed by atoms with Gasteiger partial charge >= 0.3 is 0 Å². The minimum atomic E-state index is -0.0772. The third kappa shape index (κ3) is 4.76. The maximum absolute atomic E-state index is 11.8. The number of anilines is 1. The summed E-state index contributed by atoms with van der Waals surface area (Å²) in [5.74, 6) is -0.0772. The van der Waals surface area contributed by atoms with Gasteiger partial charge in [-0.1, -0.05) is 51.8 Å². The van der Waals surface area contributed by atoms with E-state index < -0.39 is 0 Å². The molecule has 0 saturated carbocycles. The van der Waals surface area contributed by atoms with Crippen molar-refractivity contribution in [3.05, 3.63) is 63.1 Å². The summed E-state index contributed by atoms with van der Waals surface area (Å²) < 4.78 is 1.02. The summed E-state index contributed by atoms with van der Waals surface area (Å²) in [6, 6.07) is 13.4. The van der Waals surface area contributed by atoms with E-state index in [0.717, 1.165) is 21.3 Å². The molecule has 1 amide bonds. The lowest BCUT2D eigenvalue weighted by molar-refractivity contribution is -0.119. The van der Waals surface area contributed by atoms with Crippen LogP contribution in [0.3, 0.4) is 0 Å². The molecule has 2 aromatic carbocycles. The first-order valence-corrected chi connectivity index (χ1v) is 7.73. The summed E-state index contributed by atoms with van der Waals surface area (Å²) >= 11 is 9.51. The molecule has 0 atom stereocenters. The van der Waals surface area contributed by atoms with E-state index in [1.807, 2.05) is 49.4 Å². The molecule has 0 heterocycles. The highest BCUT2D eigenvalue weighted by Crippen LogP contribution is 2.20. The third-order valence-electron chi connectivity index (χ3n) is 3.06. The molecule has 3 nitrogen and oxygen atoms in total. The molecule has 2 aromatic rings.